The number of hydrogen-bond acceptors (Lipinski definition) is 1. The number of fused-ring (bicyclic) bond motifs is 5. The zero-order valence-corrected chi connectivity index (χ0v) is 16.7. The van der Waals surface area contributed by atoms with Gasteiger partial charge < -0.3 is 4.90 Å². The molecule has 1 heterocycles. The first kappa shape index (κ1) is 18.1. The van der Waals surface area contributed by atoms with Gasteiger partial charge in [0.2, 0.25) is 0 Å². The van der Waals surface area contributed by atoms with Crippen LogP contribution in [0.15, 0.2) is 66.7 Å². The first-order chi connectivity index (χ1) is 14.0. The molecule has 1 amide bonds. The quantitative estimate of drug-likeness (QED) is 0.520. The van der Waals surface area contributed by atoms with Crippen LogP contribution in [0.3, 0.4) is 0 Å². The number of nitrogens with zero attached hydrogens (tertiary/aromatic N) is 1. The Labute approximate surface area is 171 Å². The van der Waals surface area contributed by atoms with Gasteiger partial charge in [0.1, 0.15) is 5.82 Å². The van der Waals surface area contributed by atoms with Gasteiger partial charge in [0.05, 0.1) is 6.04 Å². The molecule has 0 spiro atoms. The largest absolute Gasteiger partial charge is 0.331 e. The molecule has 1 aliphatic carbocycles. The third-order valence-corrected chi connectivity index (χ3v) is 6.77. The number of amides is 1. The van der Waals surface area contributed by atoms with Gasteiger partial charge in [-0.25, -0.2) is 4.39 Å². The number of piperidine rings is 1. The summed E-state index contributed by atoms with van der Waals surface area (Å²) in [5.41, 5.74) is 6.51. The van der Waals surface area contributed by atoms with Gasteiger partial charge in [-0.2, -0.15) is 0 Å². The van der Waals surface area contributed by atoms with E-state index in [0.717, 1.165) is 35.2 Å². The number of carbonyl (C=O) groups excluding carboxylic acids is 1. The van der Waals surface area contributed by atoms with E-state index in [0.29, 0.717) is 11.8 Å². The molecular weight excluding hydrogens is 361 g/mol. The average molecular weight is 385 g/mol. The zero-order valence-electron chi connectivity index (χ0n) is 16.7. The van der Waals surface area contributed by atoms with Crippen molar-refractivity contribution >= 4 is 5.91 Å². The molecule has 3 aromatic carbocycles. The predicted molar refractivity (Wildman–Crippen MR) is 113 cm³/mol. The molecule has 2 aliphatic rings. The lowest BCUT2D eigenvalue weighted by molar-refractivity contribution is 0.0523. The summed E-state index contributed by atoms with van der Waals surface area (Å²) in [6.45, 7) is 5.05. The number of benzene rings is 3. The molecule has 3 unspecified atom stereocenters. The highest BCUT2D eigenvalue weighted by molar-refractivity contribution is 5.96. The summed E-state index contributed by atoms with van der Waals surface area (Å²) in [6.07, 6.45) is 0.998. The maximum atomic E-state index is 13.4. The molecule has 1 saturated heterocycles. The fraction of sp³-hybridized carbons (Fsp3) is 0.269. The van der Waals surface area contributed by atoms with Crippen LogP contribution >= 0.6 is 0 Å². The van der Waals surface area contributed by atoms with Crippen LogP contribution in [-0.4, -0.2) is 17.4 Å². The van der Waals surface area contributed by atoms with E-state index in [4.69, 9.17) is 0 Å². The van der Waals surface area contributed by atoms with Crippen molar-refractivity contribution in [3.05, 3.63) is 94.8 Å². The van der Waals surface area contributed by atoms with E-state index in [2.05, 4.69) is 30.0 Å². The van der Waals surface area contributed by atoms with Crippen molar-refractivity contribution in [1.82, 2.24) is 4.90 Å². The van der Waals surface area contributed by atoms with E-state index in [1.807, 2.05) is 43.3 Å². The minimum atomic E-state index is -0.227. The molecule has 3 atom stereocenters. The van der Waals surface area contributed by atoms with E-state index < -0.39 is 0 Å². The summed E-state index contributed by atoms with van der Waals surface area (Å²) in [4.78, 5) is 15.5. The second-order valence-electron chi connectivity index (χ2n) is 8.36. The van der Waals surface area contributed by atoms with Gasteiger partial charge in [-0.3, -0.25) is 4.79 Å². The van der Waals surface area contributed by atoms with Crippen molar-refractivity contribution in [2.24, 2.45) is 5.92 Å². The average Bonchev–Trinajstić information content (AvgIpc) is 2.89. The summed E-state index contributed by atoms with van der Waals surface area (Å²) in [6, 6.07) is 21.1. The van der Waals surface area contributed by atoms with Crippen LogP contribution in [0.2, 0.25) is 0 Å². The van der Waals surface area contributed by atoms with Crippen molar-refractivity contribution in [1.29, 1.82) is 0 Å². The maximum absolute atomic E-state index is 13.4. The van der Waals surface area contributed by atoms with Gasteiger partial charge in [0, 0.05) is 12.1 Å². The van der Waals surface area contributed by atoms with Gasteiger partial charge in [-0.15, -0.1) is 0 Å². The van der Waals surface area contributed by atoms with Gasteiger partial charge in [0.15, 0.2) is 0 Å². The third-order valence-electron chi connectivity index (χ3n) is 6.77. The molecule has 0 aromatic heterocycles. The molecule has 3 aromatic rings. The fourth-order valence-electron chi connectivity index (χ4n) is 5.26. The number of hydrogen-bond donors (Lipinski definition) is 0. The van der Waals surface area contributed by atoms with Crippen LogP contribution in [0, 0.1) is 18.7 Å². The smallest absolute Gasteiger partial charge is 0.254 e. The first-order valence-electron chi connectivity index (χ1n) is 10.3. The molecule has 2 bridgehead atoms. The van der Waals surface area contributed by atoms with Crippen molar-refractivity contribution in [2.75, 3.05) is 6.54 Å². The second kappa shape index (κ2) is 6.84. The van der Waals surface area contributed by atoms with Crippen LogP contribution in [-0.2, 0) is 0 Å². The molecule has 5 rings (SSSR count). The number of aryl methyl sites for hydroxylation is 1. The first-order valence-corrected chi connectivity index (χ1v) is 10.3. The molecule has 146 valence electrons. The number of carbonyl (C=O) groups is 1. The van der Waals surface area contributed by atoms with Gasteiger partial charge in [0.25, 0.3) is 5.91 Å². The molecule has 0 N–H and O–H groups in total. The summed E-state index contributed by atoms with van der Waals surface area (Å²) >= 11 is 0. The minimum absolute atomic E-state index is 0.0938. The highest BCUT2D eigenvalue weighted by Gasteiger charge is 2.46. The van der Waals surface area contributed by atoms with Gasteiger partial charge >= 0.3 is 0 Å². The summed E-state index contributed by atoms with van der Waals surface area (Å²) < 4.78 is 13.3. The van der Waals surface area contributed by atoms with Crippen LogP contribution < -0.4 is 0 Å². The lowest BCUT2D eigenvalue weighted by Gasteiger charge is -2.38. The topological polar surface area (TPSA) is 20.3 Å². The lowest BCUT2D eigenvalue weighted by atomic mass is 9.85. The van der Waals surface area contributed by atoms with Gasteiger partial charge in [-0.1, -0.05) is 49.4 Å². The lowest BCUT2D eigenvalue weighted by Crippen LogP contribution is -2.41. The maximum Gasteiger partial charge on any atom is 0.254 e. The molecule has 3 heteroatoms. The van der Waals surface area contributed by atoms with Crippen LogP contribution in [0.25, 0.3) is 11.1 Å². The van der Waals surface area contributed by atoms with E-state index >= 15 is 0 Å². The Morgan fingerprint density at radius 2 is 1.69 bits per heavy atom. The van der Waals surface area contributed by atoms with Crippen molar-refractivity contribution in [2.45, 2.75) is 32.2 Å². The van der Waals surface area contributed by atoms with Crippen LogP contribution in [0.4, 0.5) is 4.39 Å². The Hall–Kier alpha value is -2.94. The second-order valence-corrected chi connectivity index (χ2v) is 8.36. The normalized spacial score (nSPS) is 22.4. The SMILES string of the molecule is Cc1ccccc1C(=O)N1CCC2c3ccc(-c4ccc(F)cc4)cc3C1C2C. The molecule has 1 fully saturated rings. The molecule has 29 heavy (non-hydrogen) atoms. The fourth-order valence-corrected chi connectivity index (χ4v) is 5.26. The van der Waals surface area contributed by atoms with Gasteiger partial charge in [-0.05, 0) is 77.3 Å². The van der Waals surface area contributed by atoms with E-state index in [9.17, 15) is 9.18 Å². The van der Waals surface area contributed by atoms with E-state index in [1.165, 1.54) is 23.3 Å². The predicted octanol–water partition coefficient (Wildman–Crippen LogP) is 6.12. The number of rotatable bonds is 2. The number of likely N-dealkylation sites (tertiary alicyclic amines) is 1. The zero-order chi connectivity index (χ0) is 20.1. The minimum Gasteiger partial charge on any atom is -0.331 e. The van der Waals surface area contributed by atoms with Crippen LogP contribution in [0.1, 0.15) is 52.4 Å². The van der Waals surface area contributed by atoms with Crippen molar-refractivity contribution in [3.63, 3.8) is 0 Å². The molecule has 0 radical (unpaired) electrons. The van der Waals surface area contributed by atoms with E-state index in [-0.39, 0.29) is 17.8 Å². The molecule has 2 nitrogen and oxygen atoms in total. The summed E-state index contributed by atoms with van der Waals surface area (Å²) in [5.74, 6) is 0.793. The summed E-state index contributed by atoms with van der Waals surface area (Å²) in [7, 11) is 0. The highest BCUT2D eigenvalue weighted by Crippen LogP contribution is 2.53. The van der Waals surface area contributed by atoms with Crippen molar-refractivity contribution in [3.8, 4) is 11.1 Å². The third kappa shape index (κ3) is 2.88. The van der Waals surface area contributed by atoms with E-state index in [1.54, 1.807) is 0 Å². The van der Waals surface area contributed by atoms with Crippen molar-refractivity contribution < 1.29 is 9.18 Å². The van der Waals surface area contributed by atoms with Crippen LogP contribution in [0.5, 0.6) is 0 Å². The Morgan fingerprint density at radius 1 is 0.966 bits per heavy atom. The Morgan fingerprint density at radius 3 is 2.45 bits per heavy atom. The Balaban J connectivity index is 1.56. The highest BCUT2D eigenvalue weighted by atomic mass is 19.1. The molecule has 0 saturated carbocycles. The molecule has 1 aliphatic heterocycles. The Kier molecular flexibility index (Phi) is 4.27. The molecular formula is C26H24FNO. The standard InChI is InChI=1S/C26H24FNO/c1-16-5-3-4-6-21(16)26(29)28-14-13-22-17(2)25(28)24-15-19(9-12-23(22)24)18-7-10-20(27)11-8-18/h3-12,15,17,22,25H,13-14H2,1-2H3. The summed E-state index contributed by atoms with van der Waals surface area (Å²) in [5, 5.41) is 0. The Bertz CT molecular complexity index is 1090. The number of halogens is 1. The monoisotopic (exact) mass is 385 g/mol.